The molecule has 0 aliphatic rings. The molecule has 0 aliphatic carbocycles. The Bertz CT molecular complexity index is 878. The molecule has 1 N–H and O–H groups in total. The smallest absolute Gasteiger partial charge is 0.237 e. The van der Waals surface area contributed by atoms with Crippen molar-refractivity contribution in [1.82, 2.24) is 14.8 Å². The van der Waals surface area contributed by atoms with Crippen molar-refractivity contribution in [3.63, 3.8) is 0 Å². The SMILES string of the molecule is COc1ccc(NC(=O)[C@H](C)Sc2nnc(-c3ccccc3)n2C)cc1. The maximum atomic E-state index is 12.4. The maximum Gasteiger partial charge on any atom is 0.237 e. The number of rotatable bonds is 6. The van der Waals surface area contributed by atoms with Crippen LogP contribution in [0.5, 0.6) is 5.75 Å². The molecule has 134 valence electrons. The molecule has 2 aromatic carbocycles. The molecule has 0 bridgehead atoms. The van der Waals surface area contributed by atoms with Gasteiger partial charge in [-0.05, 0) is 31.2 Å². The lowest BCUT2D eigenvalue weighted by Gasteiger charge is -2.12. The van der Waals surface area contributed by atoms with Gasteiger partial charge in [0.2, 0.25) is 5.91 Å². The van der Waals surface area contributed by atoms with Crippen molar-refractivity contribution in [1.29, 1.82) is 0 Å². The van der Waals surface area contributed by atoms with E-state index in [1.165, 1.54) is 11.8 Å². The second-order valence-corrected chi connectivity index (χ2v) is 7.02. The lowest BCUT2D eigenvalue weighted by molar-refractivity contribution is -0.115. The monoisotopic (exact) mass is 368 g/mol. The van der Waals surface area contributed by atoms with Crippen LogP contribution in [0.15, 0.2) is 59.8 Å². The third-order valence-electron chi connectivity index (χ3n) is 3.88. The van der Waals surface area contributed by atoms with Gasteiger partial charge in [0.25, 0.3) is 0 Å². The zero-order chi connectivity index (χ0) is 18.5. The first kappa shape index (κ1) is 18.0. The molecule has 3 rings (SSSR count). The molecular formula is C19H20N4O2S. The van der Waals surface area contributed by atoms with Crippen LogP contribution in [-0.4, -0.2) is 33.0 Å². The van der Waals surface area contributed by atoms with Crippen LogP contribution in [0.1, 0.15) is 6.92 Å². The molecule has 1 atom stereocenters. The maximum absolute atomic E-state index is 12.4. The summed E-state index contributed by atoms with van der Waals surface area (Å²) in [5.41, 5.74) is 1.72. The topological polar surface area (TPSA) is 69.0 Å². The van der Waals surface area contributed by atoms with Crippen LogP contribution in [0.2, 0.25) is 0 Å². The molecule has 0 saturated heterocycles. The van der Waals surface area contributed by atoms with Gasteiger partial charge >= 0.3 is 0 Å². The lowest BCUT2D eigenvalue weighted by Crippen LogP contribution is -2.22. The minimum atomic E-state index is -0.316. The first-order chi connectivity index (χ1) is 12.6. The van der Waals surface area contributed by atoms with Gasteiger partial charge in [-0.2, -0.15) is 0 Å². The largest absolute Gasteiger partial charge is 0.497 e. The molecule has 0 unspecified atom stereocenters. The van der Waals surface area contributed by atoms with Gasteiger partial charge in [0.1, 0.15) is 5.75 Å². The number of carbonyl (C=O) groups is 1. The normalized spacial score (nSPS) is 11.8. The van der Waals surface area contributed by atoms with Gasteiger partial charge in [0.15, 0.2) is 11.0 Å². The molecule has 7 heteroatoms. The molecule has 1 amide bonds. The van der Waals surface area contributed by atoms with Crippen LogP contribution in [-0.2, 0) is 11.8 Å². The summed E-state index contributed by atoms with van der Waals surface area (Å²) in [6, 6.07) is 17.1. The van der Waals surface area contributed by atoms with Crippen LogP contribution >= 0.6 is 11.8 Å². The van der Waals surface area contributed by atoms with E-state index in [0.29, 0.717) is 5.16 Å². The Balaban J connectivity index is 1.66. The number of methoxy groups -OCH3 is 1. The van der Waals surface area contributed by atoms with Gasteiger partial charge in [-0.25, -0.2) is 0 Å². The molecule has 3 aromatic rings. The second kappa shape index (κ2) is 8.05. The van der Waals surface area contributed by atoms with E-state index in [9.17, 15) is 4.79 Å². The quantitative estimate of drug-likeness (QED) is 0.673. The van der Waals surface area contributed by atoms with Crippen molar-refractivity contribution in [2.45, 2.75) is 17.3 Å². The highest BCUT2D eigenvalue weighted by atomic mass is 32.2. The van der Waals surface area contributed by atoms with Gasteiger partial charge in [-0.1, -0.05) is 42.1 Å². The standard InChI is InChI=1S/C19H20N4O2S/c1-13(18(24)20-15-9-11-16(25-3)12-10-15)26-19-22-21-17(23(19)2)14-7-5-4-6-8-14/h4-13H,1-3H3,(H,20,24)/t13-/m0/s1. The average Bonchev–Trinajstić information content (AvgIpc) is 3.03. The Morgan fingerprint density at radius 2 is 1.81 bits per heavy atom. The highest BCUT2D eigenvalue weighted by Gasteiger charge is 2.19. The van der Waals surface area contributed by atoms with Gasteiger partial charge in [0.05, 0.1) is 12.4 Å². The number of hydrogen-bond donors (Lipinski definition) is 1. The summed E-state index contributed by atoms with van der Waals surface area (Å²) in [5.74, 6) is 1.43. The lowest BCUT2D eigenvalue weighted by atomic mass is 10.2. The van der Waals surface area contributed by atoms with Crippen molar-refractivity contribution in [3.8, 4) is 17.1 Å². The zero-order valence-corrected chi connectivity index (χ0v) is 15.7. The predicted molar refractivity (Wildman–Crippen MR) is 103 cm³/mol. The van der Waals surface area contributed by atoms with E-state index < -0.39 is 0 Å². The molecule has 0 radical (unpaired) electrons. The number of nitrogens with one attached hydrogen (secondary N) is 1. The van der Waals surface area contributed by atoms with E-state index in [-0.39, 0.29) is 11.2 Å². The van der Waals surface area contributed by atoms with Crippen LogP contribution in [0.3, 0.4) is 0 Å². The van der Waals surface area contributed by atoms with E-state index in [2.05, 4.69) is 15.5 Å². The summed E-state index contributed by atoms with van der Waals surface area (Å²) < 4.78 is 7.02. The Labute approximate surface area is 156 Å². The number of nitrogens with zero attached hydrogens (tertiary/aromatic N) is 3. The molecule has 1 aromatic heterocycles. The second-order valence-electron chi connectivity index (χ2n) is 5.71. The fourth-order valence-electron chi connectivity index (χ4n) is 2.39. The number of carbonyl (C=O) groups excluding carboxylic acids is 1. The number of aromatic nitrogens is 3. The van der Waals surface area contributed by atoms with Crippen LogP contribution in [0, 0.1) is 0 Å². The van der Waals surface area contributed by atoms with Gasteiger partial charge in [-0.3, -0.25) is 4.79 Å². The Kier molecular flexibility index (Phi) is 5.58. The molecule has 0 spiro atoms. The minimum absolute atomic E-state index is 0.0931. The number of anilines is 1. The first-order valence-electron chi connectivity index (χ1n) is 8.15. The van der Waals surface area contributed by atoms with Gasteiger partial charge in [0, 0.05) is 18.3 Å². The Hall–Kier alpha value is -2.80. The van der Waals surface area contributed by atoms with Crippen molar-refractivity contribution in [2.75, 3.05) is 12.4 Å². The number of thioether (sulfide) groups is 1. The van der Waals surface area contributed by atoms with Gasteiger partial charge in [-0.15, -0.1) is 10.2 Å². The molecule has 6 nitrogen and oxygen atoms in total. The summed E-state index contributed by atoms with van der Waals surface area (Å²) >= 11 is 1.37. The Morgan fingerprint density at radius 1 is 1.12 bits per heavy atom. The van der Waals surface area contributed by atoms with E-state index in [1.54, 1.807) is 7.11 Å². The summed E-state index contributed by atoms with van der Waals surface area (Å²) in [6.45, 7) is 1.85. The minimum Gasteiger partial charge on any atom is -0.497 e. The summed E-state index contributed by atoms with van der Waals surface area (Å²) in [4.78, 5) is 12.4. The fraction of sp³-hybridized carbons (Fsp3) is 0.211. The fourth-order valence-corrected chi connectivity index (χ4v) is 3.20. The number of hydrogen-bond acceptors (Lipinski definition) is 5. The van der Waals surface area contributed by atoms with E-state index in [0.717, 1.165) is 22.8 Å². The van der Waals surface area contributed by atoms with Gasteiger partial charge < -0.3 is 14.6 Å². The summed E-state index contributed by atoms with van der Waals surface area (Å²) in [5, 5.41) is 11.7. The van der Waals surface area contributed by atoms with Crippen molar-refractivity contribution >= 4 is 23.4 Å². The molecular weight excluding hydrogens is 348 g/mol. The molecule has 1 heterocycles. The van der Waals surface area contributed by atoms with E-state index in [1.807, 2.05) is 73.1 Å². The highest BCUT2D eigenvalue weighted by molar-refractivity contribution is 8.00. The van der Waals surface area contributed by atoms with Crippen LogP contribution in [0.4, 0.5) is 5.69 Å². The van der Waals surface area contributed by atoms with Crippen LogP contribution in [0.25, 0.3) is 11.4 Å². The summed E-state index contributed by atoms with van der Waals surface area (Å²) in [7, 11) is 3.51. The third kappa shape index (κ3) is 4.05. The third-order valence-corrected chi connectivity index (χ3v) is 5.01. The van der Waals surface area contributed by atoms with Crippen LogP contribution < -0.4 is 10.1 Å². The summed E-state index contributed by atoms with van der Waals surface area (Å²) in [6.07, 6.45) is 0. The average molecular weight is 368 g/mol. The van der Waals surface area contributed by atoms with Crippen molar-refractivity contribution in [2.24, 2.45) is 7.05 Å². The Morgan fingerprint density at radius 3 is 2.46 bits per heavy atom. The zero-order valence-electron chi connectivity index (χ0n) is 14.8. The number of amides is 1. The molecule has 0 aliphatic heterocycles. The molecule has 0 fully saturated rings. The predicted octanol–water partition coefficient (Wildman–Crippen LogP) is 3.61. The van der Waals surface area contributed by atoms with E-state index >= 15 is 0 Å². The van der Waals surface area contributed by atoms with E-state index in [4.69, 9.17) is 4.74 Å². The molecule has 0 saturated carbocycles. The molecule has 26 heavy (non-hydrogen) atoms. The number of benzene rings is 2. The highest BCUT2D eigenvalue weighted by Crippen LogP contribution is 2.26. The van der Waals surface area contributed by atoms with Crippen molar-refractivity contribution in [3.05, 3.63) is 54.6 Å². The first-order valence-corrected chi connectivity index (χ1v) is 9.03. The number of ether oxygens (including phenoxy) is 1. The van der Waals surface area contributed by atoms with Crippen molar-refractivity contribution < 1.29 is 9.53 Å².